The summed E-state index contributed by atoms with van der Waals surface area (Å²) >= 11 is 7.49. The summed E-state index contributed by atoms with van der Waals surface area (Å²) in [7, 11) is 1.65. The number of carbonyl (C=O) groups is 1. The van der Waals surface area contributed by atoms with Crippen LogP contribution in [0.2, 0.25) is 5.02 Å². The lowest BCUT2D eigenvalue weighted by atomic mass is 10.2. The number of amides is 1. The highest BCUT2D eigenvalue weighted by atomic mass is 35.5. The van der Waals surface area contributed by atoms with Crippen LogP contribution in [-0.2, 0) is 16.1 Å². The third-order valence-electron chi connectivity index (χ3n) is 4.35. The molecule has 29 heavy (non-hydrogen) atoms. The van der Waals surface area contributed by atoms with Gasteiger partial charge >= 0.3 is 0 Å². The summed E-state index contributed by atoms with van der Waals surface area (Å²) in [4.78, 5) is 16.8. The molecule has 0 radical (unpaired) electrons. The quantitative estimate of drug-likeness (QED) is 0.541. The molecular formula is C20H22ClN5O2S. The number of nitrogens with zero attached hydrogens (tertiary/aromatic N) is 4. The second-order valence-electron chi connectivity index (χ2n) is 6.35. The van der Waals surface area contributed by atoms with Crippen LogP contribution in [0.4, 0.5) is 5.69 Å². The van der Waals surface area contributed by atoms with Crippen molar-refractivity contribution in [1.29, 1.82) is 0 Å². The Labute approximate surface area is 178 Å². The number of rotatable bonds is 8. The molecule has 0 bridgehead atoms. The van der Waals surface area contributed by atoms with Crippen molar-refractivity contribution in [2.24, 2.45) is 0 Å². The van der Waals surface area contributed by atoms with Gasteiger partial charge in [-0.1, -0.05) is 29.4 Å². The van der Waals surface area contributed by atoms with Crippen LogP contribution in [0.3, 0.4) is 0 Å². The van der Waals surface area contributed by atoms with Crippen LogP contribution < -0.4 is 5.32 Å². The van der Waals surface area contributed by atoms with Crippen molar-refractivity contribution in [3.63, 3.8) is 0 Å². The minimum absolute atomic E-state index is 0.132. The molecule has 2 aromatic heterocycles. The average molecular weight is 432 g/mol. The van der Waals surface area contributed by atoms with Crippen LogP contribution in [0, 0.1) is 6.92 Å². The Morgan fingerprint density at radius 3 is 2.76 bits per heavy atom. The molecule has 3 aromatic rings. The van der Waals surface area contributed by atoms with Crippen molar-refractivity contribution in [3.05, 3.63) is 53.3 Å². The van der Waals surface area contributed by atoms with E-state index in [9.17, 15) is 4.79 Å². The number of benzene rings is 1. The zero-order valence-corrected chi connectivity index (χ0v) is 18.0. The second kappa shape index (κ2) is 9.87. The highest BCUT2D eigenvalue weighted by Gasteiger charge is 2.21. The Kier molecular flexibility index (Phi) is 7.24. The Morgan fingerprint density at radius 1 is 1.28 bits per heavy atom. The molecule has 1 N–H and O–H groups in total. The summed E-state index contributed by atoms with van der Waals surface area (Å²) in [5.41, 5.74) is 2.44. The number of aromatic nitrogens is 4. The Morgan fingerprint density at radius 2 is 2.03 bits per heavy atom. The molecule has 0 aliphatic heterocycles. The van der Waals surface area contributed by atoms with Crippen LogP contribution in [-0.4, -0.2) is 44.6 Å². The summed E-state index contributed by atoms with van der Waals surface area (Å²) in [5.74, 6) is 0.581. The molecule has 0 fully saturated rings. The lowest BCUT2D eigenvalue weighted by molar-refractivity contribution is -0.115. The van der Waals surface area contributed by atoms with E-state index in [0.29, 0.717) is 34.8 Å². The molecule has 1 unspecified atom stereocenters. The number of nitrogens with one attached hydrogen (secondary N) is 1. The molecule has 9 heteroatoms. The minimum atomic E-state index is -0.385. The maximum atomic E-state index is 12.7. The van der Waals surface area contributed by atoms with Gasteiger partial charge in [0.2, 0.25) is 5.91 Å². The van der Waals surface area contributed by atoms with Gasteiger partial charge in [0.1, 0.15) is 0 Å². The molecule has 0 aliphatic rings. The van der Waals surface area contributed by atoms with Crippen LogP contribution in [0.15, 0.2) is 47.9 Å². The third-order valence-corrected chi connectivity index (χ3v) is 5.84. The zero-order valence-electron chi connectivity index (χ0n) is 16.4. The Hall–Kier alpha value is -2.42. The van der Waals surface area contributed by atoms with Crippen LogP contribution >= 0.6 is 23.4 Å². The fourth-order valence-corrected chi connectivity index (χ4v) is 3.71. The molecule has 0 saturated carbocycles. The van der Waals surface area contributed by atoms with E-state index < -0.39 is 0 Å². The van der Waals surface area contributed by atoms with Crippen LogP contribution in [0.1, 0.15) is 12.5 Å². The number of ether oxygens (including phenoxy) is 1. The van der Waals surface area contributed by atoms with Crippen LogP contribution in [0.5, 0.6) is 0 Å². The maximum absolute atomic E-state index is 12.7. The fraction of sp³-hybridized carbons (Fsp3) is 0.300. The van der Waals surface area contributed by atoms with E-state index in [0.717, 1.165) is 11.1 Å². The van der Waals surface area contributed by atoms with E-state index in [1.54, 1.807) is 25.6 Å². The van der Waals surface area contributed by atoms with E-state index >= 15 is 0 Å². The number of carbonyl (C=O) groups excluding carboxylic acids is 1. The standard InChI is InChI=1S/C20H22ClN5O2S/c1-13-16(21)5-4-6-17(13)23-19(27)14(2)29-20-25-24-18(26(20)11-12-28-3)15-7-9-22-10-8-15/h4-10,14H,11-12H2,1-3H3,(H,23,27). The van der Waals surface area contributed by atoms with E-state index in [-0.39, 0.29) is 11.2 Å². The topological polar surface area (TPSA) is 81.9 Å². The fourth-order valence-electron chi connectivity index (χ4n) is 2.66. The summed E-state index contributed by atoms with van der Waals surface area (Å²) in [6, 6.07) is 9.19. The predicted octanol–water partition coefficient (Wildman–Crippen LogP) is 4.07. The molecule has 0 saturated heterocycles. The smallest absolute Gasteiger partial charge is 0.237 e. The predicted molar refractivity (Wildman–Crippen MR) is 115 cm³/mol. The Balaban J connectivity index is 1.78. The molecule has 1 aromatic carbocycles. The largest absolute Gasteiger partial charge is 0.383 e. The van der Waals surface area contributed by atoms with Gasteiger partial charge < -0.3 is 10.1 Å². The molecule has 7 nitrogen and oxygen atoms in total. The lowest BCUT2D eigenvalue weighted by Crippen LogP contribution is -2.23. The summed E-state index contributed by atoms with van der Waals surface area (Å²) < 4.78 is 7.18. The van der Waals surface area contributed by atoms with Gasteiger partial charge in [-0.3, -0.25) is 14.3 Å². The molecule has 2 heterocycles. The second-order valence-corrected chi connectivity index (χ2v) is 8.06. The van der Waals surface area contributed by atoms with Crippen molar-refractivity contribution in [3.8, 4) is 11.4 Å². The SMILES string of the molecule is COCCn1c(SC(C)C(=O)Nc2cccc(Cl)c2C)nnc1-c1ccncc1. The van der Waals surface area contributed by atoms with Gasteiger partial charge in [-0.2, -0.15) is 0 Å². The van der Waals surface area contributed by atoms with E-state index in [4.69, 9.17) is 16.3 Å². The number of anilines is 1. The van der Waals surface area contributed by atoms with Gasteiger partial charge in [-0.15, -0.1) is 10.2 Å². The van der Waals surface area contributed by atoms with Crippen LogP contribution in [0.25, 0.3) is 11.4 Å². The molecule has 1 amide bonds. The zero-order chi connectivity index (χ0) is 20.8. The van der Waals surface area contributed by atoms with E-state index in [1.165, 1.54) is 11.8 Å². The Bertz CT molecular complexity index is 980. The molecule has 3 rings (SSSR count). The van der Waals surface area contributed by atoms with Crippen molar-refractivity contribution < 1.29 is 9.53 Å². The van der Waals surface area contributed by atoms with Crippen molar-refractivity contribution >= 4 is 35.0 Å². The number of hydrogen-bond donors (Lipinski definition) is 1. The van der Waals surface area contributed by atoms with Gasteiger partial charge in [-0.25, -0.2) is 0 Å². The molecule has 0 spiro atoms. The lowest BCUT2D eigenvalue weighted by Gasteiger charge is -2.15. The highest BCUT2D eigenvalue weighted by Crippen LogP contribution is 2.28. The maximum Gasteiger partial charge on any atom is 0.237 e. The van der Waals surface area contributed by atoms with Gasteiger partial charge in [-0.05, 0) is 43.7 Å². The summed E-state index contributed by atoms with van der Waals surface area (Å²) in [5, 5.41) is 12.4. The third kappa shape index (κ3) is 5.14. The highest BCUT2D eigenvalue weighted by molar-refractivity contribution is 8.00. The first-order valence-electron chi connectivity index (χ1n) is 9.06. The molecule has 1 atom stereocenters. The minimum Gasteiger partial charge on any atom is -0.383 e. The number of thioether (sulfide) groups is 1. The van der Waals surface area contributed by atoms with Gasteiger partial charge in [0, 0.05) is 35.8 Å². The van der Waals surface area contributed by atoms with Gasteiger partial charge in [0.25, 0.3) is 0 Å². The first-order valence-corrected chi connectivity index (χ1v) is 10.3. The first-order chi connectivity index (χ1) is 14.0. The summed E-state index contributed by atoms with van der Waals surface area (Å²) in [6.07, 6.45) is 3.42. The van der Waals surface area contributed by atoms with Gasteiger partial charge in [0.15, 0.2) is 11.0 Å². The monoisotopic (exact) mass is 431 g/mol. The first kappa shape index (κ1) is 21.3. The summed E-state index contributed by atoms with van der Waals surface area (Å²) in [6.45, 7) is 4.79. The van der Waals surface area contributed by atoms with Crippen molar-refractivity contribution in [1.82, 2.24) is 19.7 Å². The number of halogens is 1. The number of hydrogen-bond acceptors (Lipinski definition) is 6. The number of pyridine rings is 1. The number of methoxy groups -OCH3 is 1. The normalized spacial score (nSPS) is 12.0. The van der Waals surface area contributed by atoms with E-state index in [2.05, 4.69) is 20.5 Å². The average Bonchev–Trinajstić information content (AvgIpc) is 3.12. The molecule has 0 aliphatic carbocycles. The van der Waals surface area contributed by atoms with Gasteiger partial charge in [0.05, 0.1) is 18.4 Å². The van der Waals surface area contributed by atoms with Crippen molar-refractivity contribution in [2.75, 3.05) is 19.0 Å². The van der Waals surface area contributed by atoms with E-state index in [1.807, 2.05) is 42.7 Å². The molecular weight excluding hydrogens is 410 g/mol. The van der Waals surface area contributed by atoms with Crippen molar-refractivity contribution in [2.45, 2.75) is 30.8 Å². The molecule has 152 valence electrons.